The van der Waals surface area contributed by atoms with Gasteiger partial charge >= 0.3 is 0 Å². The molecule has 2 aromatic rings. The lowest BCUT2D eigenvalue weighted by Gasteiger charge is -2.14. The van der Waals surface area contributed by atoms with Crippen LogP contribution in [0.3, 0.4) is 0 Å². The Morgan fingerprint density at radius 2 is 1.93 bits per heavy atom. The van der Waals surface area contributed by atoms with E-state index in [1.165, 1.54) is 11.8 Å². The molecule has 0 saturated carbocycles. The number of rotatable bonds is 9. The number of ether oxygens (including phenoxy) is 1. The Labute approximate surface area is 186 Å². The number of methoxy groups -OCH3 is 1. The first-order chi connectivity index (χ1) is 14.6. The summed E-state index contributed by atoms with van der Waals surface area (Å²) in [7, 11) is 1.59. The summed E-state index contributed by atoms with van der Waals surface area (Å²) in [6, 6.07) is 17.0. The maximum Gasteiger partial charge on any atom is 0.266 e. The molecule has 3 rings (SSSR count). The van der Waals surface area contributed by atoms with Crippen molar-refractivity contribution in [2.24, 2.45) is 0 Å². The van der Waals surface area contributed by atoms with Gasteiger partial charge in [-0.25, -0.2) is 0 Å². The molecular formula is C23H24N2O3S2. The third-order valence-electron chi connectivity index (χ3n) is 4.61. The number of thiocarbonyl (C=S) groups is 1. The molecule has 1 aliphatic heterocycles. The zero-order valence-electron chi connectivity index (χ0n) is 16.8. The fraction of sp³-hybridized carbons (Fsp3) is 0.261. The third-order valence-corrected chi connectivity index (χ3v) is 5.99. The highest BCUT2D eigenvalue weighted by Gasteiger charge is 2.31. The molecule has 0 bridgehead atoms. The number of carbonyl (C=O) groups excluding carboxylic acids is 2. The van der Waals surface area contributed by atoms with Crippen LogP contribution in [0.2, 0.25) is 0 Å². The standard InChI is InChI=1S/C23H24N2O3S2/c1-28-19-12-8-11-18(16-19)24-21(26)13-6-3-7-14-25-22(27)20(30-23(25)29)15-17-9-4-2-5-10-17/h2,4-5,8-12,15-16H,3,6-7,13-14H2,1H3,(H,24,26). The minimum atomic E-state index is -0.0374. The van der Waals surface area contributed by atoms with Gasteiger partial charge in [-0.15, -0.1) is 0 Å². The lowest BCUT2D eigenvalue weighted by atomic mass is 10.1. The van der Waals surface area contributed by atoms with Crippen LogP contribution in [0, 0.1) is 0 Å². The van der Waals surface area contributed by atoms with Gasteiger partial charge in [0.25, 0.3) is 5.91 Å². The summed E-state index contributed by atoms with van der Waals surface area (Å²) in [6.45, 7) is 0.578. The molecule has 0 aromatic heterocycles. The number of benzene rings is 2. The van der Waals surface area contributed by atoms with Gasteiger partial charge in [-0.2, -0.15) is 0 Å². The van der Waals surface area contributed by atoms with Crippen molar-refractivity contribution in [2.75, 3.05) is 19.0 Å². The van der Waals surface area contributed by atoms with Crippen molar-refractivity contribution >= 4 is 51.9 Å². The van der Waals surface area contributed by atoms with Crippen molar-refractivity contribution < 1.29 is 14.3 Å². The lowest BCUT2D eigenvalue weighted by Crippen LogP contribution is -2.29. The van der Waals surface area contributed by atoms with E-state index in [0.717, 1.165) is 30.5 Å². The predicted octanol–water partition coefficient (Wildman–Crippen LogP) is 5.10. The minimum Gasteiger partial charge on any atom is -0.497 e. The second kappa shape index (κ2) is 10.9. The quantitative estimate of drug-likeness (QED) is 0.334. The van der Waals surface area contributed by atoms with Crippen LogP contribution < -0.4 is 10.1 Å². The van der Waals surface area contributed by atoms with Crippen LogP contribution in [0.4, 0.5) is 5.69 Å². The first kappa shape index (κ1) is 22.1. The number of anilines is 1. The van der Waals surface area contributed by atoms with Crippen LogP contribution in [0.1, 0.15) is 31.2 Å². The van der Waals surface area contributed by atoms with Crippen LogP contribution in [-0.2, 0) is 9.59 Å². The molecule has 156 valence electrons. The smallest absolute Gasteiger partial charge is 0.266 e. The number of nitrogens with one attached hydrogen (secondary N) is 1. The van der Waals surface area contributed by atoms with E-state index in [1.807, 2.05) is 54.6 Å². The van der Waals surface area contributed by atoms with Crippen molar-refractivity contribution in [3.05, 3.63) is 65.1 Å². The topological polar surface area (TPSA) is 58.6 Å². The van der Waals surface area contributed by atoms with E-state index in [0.29, 0.717) is 27.9 Å². The second-order valence-corrected chi connectivity index (χ2v) is 8.51. The molecule has 0 spiro atoms. The normalized spacial score (nSPS) is 15.0. The number of amides is 2. The van der Waals surface area contributed by atoms with Crippen LogP contribution in [0.5, 0.6) is 5.75 Å². The number of nitrogens with zero attached hydrogens (tertiary/aromatic N) is 1. The van der Waals surface area contributed by atoms with Crippen molar-refractivity contribution in [3.63, 3.8) is 0 Å². The Hall–Kier alpha value is -2.64. The Bertz CT molecular complexity index is 944. The average Bonchev–Trinajstić information content (AvgIpc) is 3.01. The molecule has 5 nitrogen and oxygen atoms in total. The van der Waals surface area contributed by atoms with E-state index >= 15 is 0 Å². The van der Waals surface area contributed by atoms with Gasteiger partial charge in [-0.05, 0) is 36.6 Å². The fourth-order valence-corrected chi connectivity index (χ4v) is 4.36. The second-order valence-electron chi connectivity index (χ2n) is 6.83. The van der Waals surface area contributed by atoms with Crippen molar-refractivity contribution in [2.45, 2.75) is 25.7 Å². The van der Waals surface area contributed by atoms with Gasteiger partial charge in [0.2, 0.25) is 5.91 Å². The average molecular weight is 441 g/mol. The highest BCUT2D eigenvalue weighted by Crippen LogP contribution is 2.32. The van der Waals surface area contributed by atoms with E-state index in [9.17, 15) is 9.59 Å². The van der Waals surface area contributed by atoms with Gasteiger partial charge in [0.15, 0.2) is 0 Å². The Morgan fingerprint density at radius 3 is 2.70 bits per heavy atom. The predicted molar refractivity (Wildman–Crippen MR) is 126 cm³/mol. The highest BCUT2D eigenvalue weighted by atomic mass is 32.2. The third kappa shape index (κ3) is 6.18. The van der Waals surface area contributed by atoms with Gasteiger partial charge in [-0.3, -0.25) is 14.5 Å². The van der Waals surface area contributed by atoms with Crippen LogP contribution in [0.15, 0.2) is 59.5 Å². The summed E-state index contributed by atoms with van der Waals surface area (Å²) >= 11 is 6.72. The molecule has 0 aliphatic carbocycles. The highest BCUT2D eigenvalue weighted by molar-refractivity contribution is 8.26. The van der Waals surface area contributed by atoms with E-state index in [4.69, 9.17) is 17.0 Å². The molecule has 0 radical (unpaired) electrons. The summed E-state index contributed by atoms with van der Waals surface area (Å²) in [6.07, 6.45) is 4.72. The van der Waals surface area contributed by atoms with E-state index < -0.39 is 0 Å². The summed E-state index contributed by atoms with van der Waals surface area (Å²) in [5.74, 6) is 0.641. The summed E-state index contributed by atoms with van der Waals surface area (Å²) in [5.41, 5.74) is 1.71. The molecule has 30 heavy (non-hydrogen) atoms. The summed E-state index contributed by atoms with van der Waals surface area (Å²) < 4.78 is 5.75. The molecule has 7 heteroatoms. The SMILES string of the molecule is COc1cccc(NC(=O)CCCCCN2C(=O)C(=Cc3ccccc3)SC2=S)c1. The maximum absolute atomic E-state index is 12.6. The molecule has 0 atom stereocenters. The zero-order chi connectivity index (χ0) is 21.3. The van der Waals surface area contributed by atoms with Gasteiger partial charge in [-0.1, -0.05) is 66.8 Å². The Kier molecular flexibility index (Phi) is 8.04. The van der Waals surface area contributed by atoms with E-state index in [-0.39, 0.29) is 11.8 Å². The van der Waals surface area contributed by atoms with Crippen molar-refractivity contribution in [1.29, 1.82) is 0 Å². The first-order valence-electron chi connectivity index (χ1n) is 9.81. The van der Waals surface area contributed by atoms with Crippen LogP contribution in [-0.4, -0.2) is 34.7 Å². The molecule has 1 fully saturated rings. The first-order valence-corrected chi connectivity index (χ1v) is 11.0. The largest absolute Gasteiger partial charge is 0.497 e. The molecule has 1 heterocycles. The van der Waals surface area contributed by atoms with Crippen molar-refractivity contribution in [3.8, 4) is 5.75 Å². The number of hydrogen-bond acceptors (Lipinski definition) is 5. The van der Waals surface area contributed by atoms with Gasteiger partial charge in [0.1, 0.15) is 10.1 Å². The minimum absolute atomic E-state index is 0.0281. The molecule has 0 unspecified atom stereocenters. The maximum atomic E-state index is 12.6. The number of thioether (sulfide) groups is 1. The molecule has 1 N–H and O–H groups in total. The van der Waals surface area contributed by atoms with Crippen LogP contribution in [0.25, 0.3) is 6.08 Å². The Balaban J connectivity index is 1.40. The molecule has 2 aromatic carbocycles. The van der Waals surface area contributed by atoms with Gasteiger partial charge in [0.05, 0.1) is 12.0 Å². The molecule has 1 aliphatic rings. The van der Waals surface area contributed by atoms with Crippen LogP contribution >= 0.6 is 24.0 Å². The molecule has 1 saturated heterocycles. The number of unbranched alkanes of at least 4 members (excludes halogenated alkanes) is 2. The monoisotopic (exact) mass is 440 g/mol. The lowest BCUT2D eigenvalue weighted by molar-refractivity contribution is -0.122. The van der Waals surface area contributed by atoms with E-state index in [2.05, 4.69) is 5.32 Å². The molecular weight excluding hydrogens is 416 g/mol. The fourth-order valence-electron chi connectivity index (χ4n) is 3.05. The van der Waals surface area contributed by atoms with Gasteiger partial charge < -0.3 is 10.1 Å². The van der Waals surface area contributed by atoms with Crippen molar-refractivity contribution in [1.82, 2.24) is 4.90 Å². The zero-order valence-corrected chi connectivity index (χ0v) is 18.4. The van der Waals surface area contributed by atoms with E-state index in [1.54, 1.807) is 18.1 Å². The molecule has 2 amide bonds. The Morgan fingerprint density at radius 1 is 1.13 bits per heavy atom. The summed E-state index contributed by atoms with van der Waals surface area (Å²) in [4.78, 5) is 27.0. The van der Waals surface area contributed by atoms with Gasteiger partial charge in [0, 0.05) is 24.7 Å². The number of carbonyl (C=O) groups is 2. The summed E-state index contributed by atoms with van der Waals surface area (Å²) in [5, 5.41) is 2.88. The number of hydrogen-bond donors (Lipinski definition) is 1.